The first-order valence-electron chi connectivity index (χ1n) is 8.43. The van der Waals surface area contributed by atoms with Crippen molar-refractivity contribution in [3.05, 3.63) is 35.9 Å². The zero-order chi connectivity index (χ0) is 16.3. The van der Waals surface area contributed by atoms with E-state index in [1.54, 1.807) is 0 Å². The second kappa shape index (κ2) is 7.30. The Bertz CT molecular complexity index is 606. The van der Waals surface area contributed by atoms with Crippen molar-refractivity contribution in [2.45, 2.75) is 50.1 Å². The lowest BCUT2D eigenvalue weighted by molar-refractivity contribution is 0.126. The summed E-state index contributed by atoms with van der Waals surface area (Å²) in [7, 11) is -3.31. The quantitative estimate of drug-likeness (QED) is 0.889. The molecule has 2 heterocycles. The van der Waals surface area contributed by atoms with E-state index in [-0.39, 0.29) is 12.1 Å². The van der Waals surface area contributed by atoms with Gasteiger partial charge in [0.05, 0.1) is 6.10 Å². The summed E-state index contributed by atoms with van der Waals surface area (Å²) in [5.41, 5.74) is 1.27. The van der Waals surface area contributed by atoms with Gasteiger partial charge in [-0.25, -0.2) is 13.1 Å². The Balaban J connectivity index is 1.58. The third-order valence-corrected chi connectivity index (χ3v) is 6.87. The van der Waals surface area contributed by atoms with Crippen molar-refractivity contribution >= 4 is 10.0 Å². The lowest BCUT2D eigenvalue weighted by Gasteiger charge is -2.33. The lowest BCUT2D eigenvalue weighted by atomic mass is 10.1. The molecule has 2 fully saturated rings. The average molecular weight is 338 g/mol. The highest BCUT2D eigenvalue weighted by atomic mass is 32.2. The van der Waals surface area contributed by atoms with E-state index in [2.05, 4.69) is 21.8 Å². The van der Waals surface area contributed by atoms with Gasteiger partial charge in [0.15, 0.2) is 0 Å². The zero-order valence-corrected chi connectivity index (χ0v) is 14.5. The fraction of sp³-hybridized carbons (Fsp3) is 0.647. The monoisotopic (exact) mass is 338 g/mol. The van der Waals surface area contributed by atoms with E-state index in [0.717, 1.165) is 32.5 Å². The van der Waals surface area contributed by atoms with Crippen LogP contribution in [0.4, 0.5) is 0 Å². The van der Waals surface area contributed by atoms with Crippen LogP contribution in [-0.2, 0) is 21.3 Å². The van der Waals surface area contributed by atoms with Crippen molar-refractivity contribution in [1.29, 1.82) is 0 Å². The highest BCUT2D eigenvalue weighted by Crippen LogP contribution is 2.22. The summed E-state index contributed by atoms with van der Waals surface area (Å²) >= 11 is 0. The molecule has 23 heavy (non-hydrogen) atoms. The molecule has 0 bridgehead atoms. The van der Waals surface area contributed by atoms with Crippen LogP contribution in [0.15, 0.2) is 30.3 Å². The molecule has 0 amide bonds. The zero-order valence-electron chi connectivity index (χ0n) is 13.6. The molecule has 2 saturated heterocycles. The molecule has 128 valence electrons. The Hall–Kier alpha value is -0.950. The number of nitrogens with one attached hydrogen (secondary N) is 1. The number of hydrogen-bond donors (Lipinski definition) is 1. The average Bonchev–Trinajstić information content (AvgIpc) is 2.95. The van der Waals surface area contributed by atoms with E-state index in [0.29, 0.717) is 13.0 Å². The smallest absolute Gasteiger partial charge is 0.217 e. The number of rotatable bonds is 5. The molecule has 0 radical (unpaired) electrons. The molecule has 6 heteroatoms. The largest absolute Gasteiger partial charge is 0.377 e. The molecular weight excluding hydrogens is 312 g/mol. The Labute approximate surface area is 139 Å². The van der Waals surface area contributed by atoms with Crippen molar-refractivity contribution in [1.82, 2.24) is 9.62 Å². The first-order chi connectivity index (χ1) is 11.0. The molecule has 0 aromatic heterocycles. The number of hydrogen-bond acceptors (Lipinski definition) is 4. The molecule has 1 aromatic rings. The number of ether oxygens (including phenoxy) is 1. The summed E-state index contributed by atoms with van der Waals surface area (Å²) < 4.78 is 33.5. The Morgan fingerprint density at radius 1 is 1.26 bits per heavy atom. The molecule has 3 rings (SSSR count). The summed E-state index contributed by atoms with van der Waals surface area (Å²) in [6.45, 7) is 5.06. The normalized spacial score (nSPS) is 29.7. The van der Waals surface area contributed by atoms with Crippen LogP contribution in [0.25, 0.3) is 0 Å². The molecule has 2 aliphatic rings. The minimum Gasteiger partial charge on any atom is -0.377 e. The summed E-state index contributed by atoms with van der Waals surface area (Å²) in [5, 5.41) is -0.410. The highest BCUT2D eigenvalue weighted by molar-refractivity contribution is 7.90. The maximum atomic E-state index is 12.6. The first kappa shape index (κ1) is 16.9. The van der Waals surface area contributed by atoms with Crippen LogP contribution in [0.3, 0.4) is 0 Å². The number of sulfonamides is 1. The summed E-state index contributed by atoms with van der Waals surface area (Å²) in [6, 6.07) is 10.3. The number of nitrogens with zero attached hydrogens (tertiary/aromatic N) is 1. The number of benzene rings is 1. The van der Waals surface area contributed by atoms with Crippen LogP contribution in [-0.4, -0.2) is 50.4 Å². The predicted molar refractivity (Wildman–Crippen MR) is 90.6 cm³/mol. The van der Waals surface area contributed by atoms with E-state index in [1.807, 2.05) is 25.1 Å². The minimum atomic E-state index is -3.31. The van der Waals surface area contributed by atoms with Gasteiger partial charge in [-0.1, -0.05) is 30.3 Å². The third kappa shape index (κ3) is 4.32. The topological polar surface area (TPSA) is 58.6 Å². The second-order valence-corrected chi connectivity index (χ2v) is 8.56. The molecule has 3 atom stereocenters. The maximum Gasteiger partial charge on any atom is 0.217 e. The summed E-state index contributed by atoms with van der Waals surface area (Å²) in [6.07, 6.45) is 2.32. The van der Waals surface area contributed by atoms with Crippen LogP contribution < -0.4 is 4.72 Å². The van der Waals surface area contributed by atoms with Gasteiger partial charge in [-0.3, -0.25) is 4.90 Å². The Morgan fingerprint density at radius 2 is 2.04 bits per heavy atom. The standard InChI is InChI=1S/C17H26N2O3S/c1-14-17(9-11-22-14)23(20,21)18-16-8-5-10-19(13-16)12-15-6-3-2-4-7-15/h2-4,6-7,14,16-18H,5,8-13H2,1H3/t14-,16-,17+/m0/s1. The van der Waals surface area contributed by atoms with E-state index in [1.165, 1.54) is 5.56 Å². The van der Waals surface area contributed by atoms with Crippen molar-refractivity contribution in [3.63, 3.8) is 0 Å². The number of piperidine rings is 1. The van der Waals surface area contributed by atoms with Crippen LogP contribution in [0.5, 0.6) is 0 Å². The van der Waals surface area contributed by atoms with Crippen molar-refractivity contribution in [2.24, 2.45) is 0 Å². The van der Waals surface area contributed by atoms with Crippen LogP contribution in [0.2, 0.25) is 0 Å². The summed E-state index contributed by atoms with van der Waals surface area (Å²) in [5.74, 6) is 0. The van der Waals surface area contributed by atoms with Gasteiger partial charge >= 0.3 is 0 Å². The fourth-order valence-corrected chi connectivity index (χ4v) is 5.40. The lowest BCUT2D eigenvalue weighted by Crippen LogP contribution is -2.50. The molecular formula is C17H26N2O3S. The van der Waals surface area contributed by atoms with Gasteiger partial charge in [-0.2, -0.15) is 0 Å². The van der Waals surface area contributed by atoms with Gasteiger partial charge in [-0.05, 0) is 38.3 Å². The molecule has 1 aromatic carbocycles. The van der Waals surface area contributed by atoms with Gasteiger partial charge in [0.1, 0.15) is 5.25 Å². The highest BCUT2D eigenvalue weighted by Gasteiger charge is 2.37. The fourth-order valence-electron chi connectivity index (χ4n) is 3.58. The molecule has 0 spiro atoms. The van der Waals surface area contributed by atoms with Gasteiger partial charge in [-0.15, -0.1) is 0 Å². The van der Waals surface area contributed by atoms with Gasteiger partial charge in [0, 0.05) is 25.7 Å². The summed E-state index contributed by atoms with van der Waals surface area (Å²) in [4.78, 5) is 2.33. The molecule has 1 N–H and O–H groups in total. The molecule has 0 unspecified atom stereocenters. The van der Waals surface area contributed by atoms with Crippen molar-refractivity contribution < 1.29 is 13.2 Å². The number of likely N-dealkylation sites (tertiary alicyclic amines) is 1. The van der Waals surface area contributed by atoms with Crippen LogP contribution >= 0.6 is 0 Å². The third-order valence-electron chi connectivity index (χ3n) is 4.79. The van der Waals surface area contributed by atoms with Crippen LogP contribution in [0.1, 0.15) is 31.7 Å². The van der Waals surface area contributed by atoms with E-state index < -0.39 is 15.3 Å². The van der Waals surface area contributed by atoms with E-state index in [9.17, 15) is 8.42 Å². The molecule has 5 nitrogen and oxygen atoms in total. The van der Waals surface area contributed by atoms with Gasteiger partial charge in [0.25, 0.3) is 0 Å². The maximum absolute atomic E-state index is 12.6. The molecule has 2 aliphatic heterocycles. The molecule has 0 aliphatic carbocycles. The Morgan fingerprint density at radius 3 is 2.74 bits per heavy atom. The van der Waals surface area contributed by atoms with Gasteiger partial charge in [0.2, 0.25) is 10.0 Å². The van der Waals surface area contributed by atoms with E-state index >= 15 is 0 Å². The first-order valence-corrected chi connectivity index (χ1v) is 9.98. The van der Waals surface area contributed by atoms with Crippen molar-refractivity contribution in [3.8, 4) is 0 Å². The minimum absolute atomic E-state index is 0.00487. The SMILES string of the molecule is C[C@@H]1OCC[C@H]1S(=O)(=O)N[C@H]1CCCN(Cc2ccccc2)C1. The van der Waals surface area contributed by atoms with Gasteiger partial charge < -0.3 is 4.74 Å². The van der Waals surface area contributed by atoms with Crippen LogP contribution in [0, 0.1) is 0 Å². The molecule has 0 saturated carbocycles. The van der Waals surface area contributed by atoms with E-state index in [4.69, 9.17) is 4.74 Å². The second-order valence-electron chi connectivity index (χ2n) is 6.63. The predicted octanol–water partition coefficient (Wildman–Crippen LogP) is 1.75. The van der Waals surface area contributed by atoms with Crippen molar-refractivity contribution in [2.75, 3.05) is 19.7 Å². The Kier molecular flexibility index (Phi) is 5.36.